The fraction of sp³-hybridized carbons (Fsp3) is 0.650. The number of ether oxygens (including phenoxy) is 1. The fourth-order valence-corrected chi connectivity index (χ4v) is 2.99. The molecule has 0 amide bonds. The molecule has 0 heterocycles. The van der Waals surface area contributed by atoms with Crippen LogP contribution in [0.25, 0.3) is 0 Å². The van der Waals surface area contributed by atoms with Gasteiger partial charge in [0.1, 0.15) is 6.61 Å². The molecule has 0 radical (unpaired) electrons. The number of likely N-dealkylation sites (N-methyl/N-ethyl adjacent to an activating group) is 1. The van der Waals surface area contributed by atoms with Crippen molar-refractivity contribution in [3.8, 4) is 0 Å². The van der Waals surface area contributed by atoms with E-state index in [9.17, 15) is 13.2 Å². The fourth-order valence-electron chi connectivity index (χ4n) is 2.99. The second-order valence-electron chi connectivity index (χ2n) is 7.37. The van der Waals surface area contributed by atoms with E-state index in [1.807, 2.05) is 19.1 Å². The minimum atomic E-state index is -4.30. The molecule has 0 aliphatic heterocycles. The van der Waals surface area contributed by atoms with Crippen molar-refractivity contribution >= 4 is 29.9 Å². The summed E-state index contributed by atoms with van der Waals surface area (Å²) >= 11 is 0. The first-order valence-corrected chi connectivity index (χ1v) is 9.69. The van der Waals surface area contributed by atoms with Gasteiger partial charge in [0.2, 0.25) is 0 Å². The number of benzene rings is 1. The molecule has 9 heteroatoms. The van der Waals surface area contributed by atoms with Crippen molar-refractivity contribution in [2.75, 3.05) is 33.8 Å². The van der Waals surface area contributed by atoms with Crippen LogP contribution >= 0.6 is 24.0 Å². The standard InChI is InChI=1S/C20H31F3N4O.HI/c1-4-24-19(26-12-18(27(2)3)17-9-10-17)25-11-15-5-7-16(8-6-15)13-28-14-20(21,22)23;/h5-8,17-18H,4,9-14H2,1-3H3,(H2,24,25,26);1H. The van der Waals surface area contributed by atoms with Crippen LogP contribution in [0.2, 0.25) is 0 Å². The van der Waals surface area contributed by atoms with E-state index in [-0.39, 0.29) is 30.6 Å². The topological polar surface area (TPSA) is 48.9 Å². The minimum Gasteiger partial charge on any atom is -0.367 e. The lowest BCUT2D eigenvalue weighted by atomic mass is 10.1. The molecule has 0 bridgehead atoms. The maximum absolute atomic E-state index is 12.1. The molecule has 1 aromatic carbocycles. The lowest BCUT2D eigenvalue weighted by Gasteiger charge is -2.25. The quantitative estimate of drug-likeness (QED) is 0.276. The van der Waals surface area contributed by atoms with Gasteiger partial charge in [-0.3, -0.25) is 0 Å². The predicted molar refractivity (Wildman–Crippen MR) is 121 cm³/mol. The molecular formula is C20H32F3IN4O. The average molecular weight is 528 g/mol. The van der Waals surface area contributed by atoms with E-state index in [0.717, 1.165) is 30.5 Å². The predicted octanol–water partition coefficient (Wildman–Crippen LogP) is 3.78. The maximum Gasteiger partial charge on any atom is 0.411 e. The molecule has 0 saturated heterocycles. The smallest absolute Gasteiger partial charge is 0.367 e. The van der Waals surface area contributed by atoms with E-state index in [1.54, 1.807) is 12.1 Å². The Morgan fingerprint density at radius 2 is 1.79 bits per heavy atom. The van der Waals surface area contributed by atoms with Crippen molar-refractivity contribution in [2.45, 2.75) is 45.1 Å². The third-order valence-corrected chi connectivity index (χ3v) is 4.63. The summed E-state index contributed by atoms with van der Waals surface area (Å²) < 4.78 is 41.0. The maximum atomic E-state index is 12.1. The van der Waals surface area contributed by atoms with Crippen LogP contribution < -0.4 is 10.6 Å². The Morgan fingerprint density at radius 1 is 1.17 bits per heavy atom. The number of aliphatic imine (C=N–C) groups is 1. The Kier molecular flexibility index (Phi) is 11.3. The van der Waals surface area contributed by atoms with Crippen LogP contribution in [-0.2, 0) is 17.9 Å². The number of halogens is 4. The van der Waals surface area contributed by atoms with E-state index in [4.69, 9.17) is 0 Å². The number of nitrogens with zero attached hydrogens (tertiary/aromatic N) is 2. The molecule has 1 unspecified atom stereocenters. The van der Waals surface area contributed by atoms with Gasteiger partial charge in [0, 0.05) is 19.1 Å². The van der Waals surface area contributed by atoms with Crippen LogP contribution in [-0.4, -0.2) is 56.9 Å². The molecule has 1 atom stereocenters. The van der Waals surface area contributed by atoms with E-state index in [2.05, 4.69) is 39.4 Å². The van der Waals surface area contributed by atoms with Crippen molar-refractivity contribution < 1.29 is 17.9 Å². The molecule has 166 valence electrons. The summed E-state index contributed by atoms with van der Waals surface area (Å²) in [5.74, 6) is 1.53. The van der Waals surface area contributed by atoms with Gasteiger partial charge in [0.15, 0.2) is 5.96 Å². The highest BCUT2D eigenvalue weighted by Gasteiger charge is 2.32. The Morgan fingerprint density at radius 3 is 2.31 bits per heavy atom. The highest BCUT2D eigenvalue weighted by molar-refractivity contribution is 14.0. The zero-order chi connectivity index (χ0) is 20.6. The summed E-state index contributed by atoms with van der Waals surface area (Å²) in [5.41, 5.74) is 1.70. The van der Waals surface area contributed by atoms with E-state index < -0.39 is 12.8 Å². The van der Waals surface area contributed by atoms with E-state index in [0.29, 0.717) is 18.2 Å². The second kappa shape index (κ2) is 12.6. The van der Waals surface area contributed by atoms with Crippen LogP contribution in [0.15, 0.2) is 29.3 Å². The van der Waals surface area contributed by atoms with Gasteiger partial charge < -0.3 is 20.3 Å². The second-order valence-corrected chi connectivity index (χ2v) is 7.37. The van der Waals surface area contributed by atoms with Crippen molar-refractivity contribution in [3.05, 3.63) is 35.4 Å². The summed E-state index contributed by atoms with van der Waals surface area (Å²) in [6.45, 7) is 2.86. The third-order valence-electron chi connectivity index (χ3n) is 4.63. The Hall–Kier alpha value is -1.07. The van der Waals surface area contributed by atoms with Crippen LogP contribution in [0.4, 0.5) is 13.2 Å². The third kappa shape index (κ3) is 10.5. The van der Waals surface area contributed by atoms with Crippen molar-refractivity contribution in [3.63, 3.8) is 0 Å². The van der Waals surface area contributed by atoms with Crippen molar-refractivity contribution in [2.24, 2.45) is 10.9 Å². The number of alkyl halides is 3. The molecule has 0 aromatic heterocycles. The average Bonchev–Trinajstić information content (AvgIpc) is 3.44. The molecule has 1 fully saturated rings. The van der Waals surface area contributed by atoms with Gasteiger partial charge in [-0.15, -0.1) is 24.0 Å². The van der Waals surface area contributed by atoms with Crippen molar-refractivity contribution in [1.29, 1.82) is 0 Å². The molecule has 29 heavy (non-hydrogen) atoms. The van der Waals surface area contributed by atoms with Gasteiger partial charge in [0.05, 0.1) is 13.2 Å². The highest BCUT2D eigenvalue weighted by atomic mass is 127. The van der Waals surface area contributed by atoms with Crippen LogP contribution in [0.3, 0.4) is 0 Å². The number of hydrogen-bond donors (Lipinski definition) is 2. The Bertz CT molecular complexity index is 617. The SMILES string of the molecule is CCNC(=NCc1ccc(COCC(F)(F)F)cc1)NCC(C1CC1)N(C)C.I. The Labute approximate surface area is 188 Å². The number of rotatable bonds is 10. The first-order valence-electron chi connectivity index (χ1n) is 9.69. The molecule has 1 aliphatic carbocycles. The van der Waals surface area contributed by atoms with Crippen molar-refractivity contribution in [1.82, 2.24) is 15.5 Å². The van der Waals surface area contributed by atoms with E-state index >= 15 is 0 Å². The molecule has 1 saturated carbocycles. The number of hydrogen-bond acceptors (Lipinski definition) is 3. The summed E-state index contributed by atoms with van der Waals surface area (Å²) in [6, 6.07) is 7.78. The number of nitrogens with one attached hydrogen (secondary N) is 2. The van der Waals surface area contributed by atoms with Gasteiger partial charge in [0.25, 0.3) is 0 Å². The lowest BCUT2D eigenvalue weighted by Crippen LogP contribution is -2.46. The summed E-state index contributed by atoms with van der Waals surface area (Å²) in [7, 11) is 4.21. The first kappa shape index (κ1) is 26.0. The van der Waals surface area contributed by atoms with Crippen LogP contribution in [0.1, 0.15) is 30.9 Å². The zero-order valence-corrected chi connectivity index (χ0v) is 19.6. The van der Waals surface area contributed by atoms with Gasteiger partial charge in [-0.25, -0.2) is 4.99 Å². The number of guanidine groups is 1. The van der Waals surface area contributed by atoms with Gasteiger partial charge in [-0.05, 0) is 50.9 Å². The van der Waals surface area contributed by atoms with E-state index in [1.165, 1.54) is 12.8 Å². The summed E-state index contributed by atoms with van der Waals surface area (Å²) in [5, 5.41) is 6.67. The van der Waals surface area contributed by atoms with Gasteiger partial charge >= 0.3 is 6.18 Å². The molecule has 1 aromatic rings. The highest BCUT2D eigenvalue weighted by Crippen LogP contribution is 2.34. The zero-order valence-electron chi connectivity index (χ0n) is 17.3. The van der Waals surface area contributed by atoms with Gasteiger partial charge in [-0.1, -0.05) is 24.3 Å². The molecule has 2 N–H and O–H groups in total. The molecule has 5 nitrogen and oxygen atoms in total. The molecule has 0 spiro atoms. The first-order chi connectivity index (χ1) is 13.3. The minimum absolute atomic E-state index is 0. The largest absolute Gasteiger partial charge is 0.411 e. The normalized spacial score (nSPS) is 15.8. The molecular weight excluding hydrogens is 496 g/mol. The lowest BCUT2D eigenvalue weighted by molar-refractivity contribution is -0.176. The monoisotopic (exact) mass is 528 g/mol. The molecule has 2 rings (SSSR count). The molecule has 1 aliphatic rings. The summed E-state index contributed by atoms with van der Waals surface area (Å²) in [4.78, 5) is 6.87. The Balaban J connectivity index is 0.00000420. The summed E-state index contributed by atoms with van der Waals surface area (Å²) in [6.07, 6.45) is -1.72. The van der Waals surface area contributed by atoms with Crippen LogP contribution in [0, 0.1) is 5.92 Å². The van der Waals surface area contributed by atoms with Crippen LogP contribution in [0.5, 0.6) is 0 Å². The van der Waals surface area contributed by atoms with Gasteiger partial charge in [-0.2, -0.15) is 13.2 Å².